The Labute approximate surface area is 110 Å². The summed E-state index contributed by atoms with van der Waals surface area (Å²) in [6, 6.07) is 7.39. The van der Waals surface area contributed by atoms with Gasteiger partial charge in [-0.05, 0) is 31.9 Å². The fourth-order valence-corrected chi connectivity index (χ4v) is 4.46. The van der Waals surface area contributed by atoms with Crippen molar-refractivity contribution in [1.29, 1.82) is 0 Å². The minimum Gasteiger partial charge on any atom is -0.207 e. The van der Waals surface area contributed by atoms with E-state index in [1.54, 1.807) is 16.4 Å². The number of nitrogens with zero attached hydrogens (tertiary/aromatic N) is 1. The Bertz CT molecular complexity index is 521. The zero-order valence-corrected chi connectivity index (χ0v) is 12.2. The van der Waals surface area contributed by atoms with Gasteiger partial charge in [-0.15, -0.1) is 0 Å². The largest absolute Gasteiger partial charge is 0.243 e. The Balaban J connectivity index is 2.26. The normalized spacial score (nSPS) is 29.0. The summed E-state index contributed by atoms with van der Waals surface area (Å²) < 4.78 is 26.6. The summed E-state index contributed by atoms with van der Waals surface area (Å²) in [5, 5.41) is 0. The Morgan fingerprint density at radius 2 is 1.83 bits per heavy atom. The fourth-order valence-electron chi connectivity index (χ4n) is 2.52. The van der Waals surface area contributed by atoms with Crippen molar-refractivity contribution in [3.8, 4) is 0 Å². The van der Waals surface area contributed by atoms with Crippen LogP contribution in [0.2, 0.25) is 0 Å². The van der Waals surface area contributed by atoms with Gasteiger partial charge in [-0.25, -0.2) is 8.42 Å². The standard InChI is InChI=1S/C14H21NO2S/c1-5-11(3)14-12(4)15(14)18(16,17)13-8-6-10(2)7-9-13/h6-9,11-12,14H,5H2,1-4H3/t11-,12+,14-,15?/m1/s1. The molecule has 0 N–H and O–H groups in total. The quantitative estimate of drug-likeness (QED) is 0.787. The molecule has 0 aliphatic carbocycles. The van der Waals surface area contributed by atoms with Crippen LogP contribution in [0.1, 0.15) is 32.8 Å². The summed E-state index contributed by atoms with van der Waals surface area (Å²) in [6.07, 6.45) is 1.01. The molecule has 1 aromatic rings. The topological polar surface area (TPSA) is 37.1 Å². The molecule has 1 unspecified atom stereocenters. The van der Waals surface area contributed by atoms with Gasteiger partial charge in [0, 0.05) is 12.1 Å². The average molecular weight is 267 g/mol. The molecule has 1 aromatic carbocycles. The number of benzene rings is 1. The molecular weight excluding hydrogens is 246 g/mol. The van der Waals surface area contributed by atoms with E-state index in [-0.39, 0.29) is 12.1 Å². The predicted molar refractivity (Wildman–Crippen MR) is 72.9 cm³/mol. The summed E-state index contributed by atoms with van der Waals surface area (Å²) in [5.41, 5.74) is 1.08. The molecule has 18 heavy (non-hydrogen) atoms. The Kier molecular flexibility index (Phi) is 3.52. The van der Waals surface area contributed by atoms with Gasteiger partial charge in [-0.2, -0.15) is 4.31 Å². The maximum Gasteiger partial charge on any atom is 0.243 e. The highest BCUT2D eigenvalue weighted by atomic mass is 32.2. The van der Waals surface area contributed by atoms with Crippen molar-refractivity contribution < 1.29 is 8.42 Å². The third kappa shape index (κ3) is 2.19. The van der Waals surface area contributed by atoms with Crippen LogP contribution in [0.5, 0.6) is 0 Å². The van der Waals surface area contributed by atoms with E-state index in [0.717, 1.165) is 12.0 Å². The number of aryl methyl sites for hydroxylation is 1. The maximum atomic E-state index is 12.5. The second-order valence-electron chi connectivity index (χ2n) is 5.26. The monoisotopic (exact) mass is 267 g/mol. The lowest BCUT2D eigenvalue weighted by Gasteiger charge is -2.10. The molecule has 1 saturated heterocycles. The molecule has 0 spiro atoms. The predicted octanol–water partition coefficient (Wildman–Crippen LogP) is 2.80. The Hall–Kier alpha value is -0.870. The van der Waals surface area contributed by atoms with Crippen LogP contribution in [0.25, 0.3) is 0 Å². The van der Waals surface area contributed by atoms with Crippen molar-refractivity contribution in [2.75, 3.05) is 0 Å². The fraction of sp³-hybridized carbons (Fsp3) is 0.571. The first-order chi connectivity index (χ1) is 8.39. The summed E-state index contributed by atoms with van der Waals surface area (Å²) in [4.78, 5) is 0.408. The van der Waals surface area contributed by atoms with E-state index in [1.807, 2.05) is 26.0 Å². The number of hydrogen-bond acceptors (Lipinski definition) is 2. The van der Waals surface area contributed by atoms with E-state index < -0.39 is 10.0 Å². The van der Waals surface area contributed by atoms with Crippen molar-refractivity contribution in [1.82, 2.24) is 4.31 Å². The zero-order valence-electron chi connectivity index (χ0n) is 11.4. The van der Waals surface area contributed by atoms with Gasteiger partial charge in [0.25, 0.3) is 0 Å². The molecule has 100 valence electrons. The minimum absolute atomic E-state index is 0.131. The first-order valence-corrected chi connectivity index (χ1v) is 7.93. The minimum atomic E-state index is -3.30. The molecule has 1 fully saturated rings. The van der Waals surface area contributed by atoms with E-state index in [0.29, 0.717) is 10.8 Å². The van der Waals surface area contributed by atoms with Gasteiger partial charge in [-0.3, -0.25) is 0 Å². The molecule has 2 rings (SSSR count). The first kappa shape index (κ1) is 13.6. The van der Waals surface area contributed by atoms with Crippen LogP contribution in [0.15, 0.2) is 29.2 Å². The highest BCUT2D eigenvalue weighted by Crippen LogP contribution is 2.40. The molecule has 1 aliphatic rings. The molecule has 1 aliphatic heterocycles. The van der Waals surface area contributed by atoms with Gasteiger partial charge >= 0.3 is 0 Å². The van der Waals surface area contributed by atoms with Gasteiger partial charge in [0.2, 0.25) is 10.0 Å². The maximum absolute atomic E-state index is 12.5. The summed E-state index contributed by atoms with van der Waals surface area (Å²) in [7, 11) is -3.30. The lowest BCUT2D eigenvalue weighted by Crippen LogP contribution is -2.18. The van der Waals surface area contributed by atoms with Gasteiger partial charge in [0.15, 0.2) is 0 Å². The molecule has 0 bridgehead atoms. The smallest absolute Gasteiger partial charge is 0.207 e. The second-order valence-corrected chi connectivity index (χ2v) is 7.11. The van der Waals surface area contributed by atoms with E-state index in [1.165, 1.54) is 0 Å². The van der Waals surface area contributed by atoms with Crippen molar-refractivity contribution in [2.24, 2.45) is 5.92 Å². The molecule has 0 radical (unpaired) electrons. The number of sulfonamides is 1. The lowest BCUT2D eigenvalue weighted by atomic mass is 10.0. The van der Waals surface area contributed by atoms with E-state index in [2.05, 4.69) is 13.8 Å². The third-order valence-corrected chi connectivity index (χ3v) is 5.92. The van der Waals surface area contributed by atoms with E-state index in [9.17, 15) is 8.42 Å². The first-order valence-electron chi connectivity index (χ1n) is 6.49. The van der Waals surface area contributed by atoms with Crippen LogP contribution in [-0.2, 0) is 10.0 Å². The SMILES string of the molecule is CC[C@@H](C)[C@@H]1[C@H](C)N1S(=O)(=O)c1ccc(C)cc1. The van der Waals surface area contributed by atoms with Crippen LogP contribution >= 0.6 is 0 Å². The van der Waals surface area contributed by atoms with Crippen molar-refractivity contribution in [3.05, 3.63) is 29.8 Å². The number of hydrogen-bond donors (Lipinski definition) is 0. The Morgan fingerprint density at radius 3 is 2.33 bits per heavy atom. The van der Waals surface area contributed by atoms with Crippen LogP contribution in [-0.4, -0.2) is 24.8 Å². The molecule has 0 aromatic heterocycles. The summed E-state index contributed by atoms with van der Waals surface area (Å²) >= 11 is 0. The van der Waals surface area contributed by atoms with Gasteiger partial charge in [0.05, 0.1) is 4.90 Å². The molecule has 4 heteroatoms. The molecule has 1 heterocycles. The lowest BCUT2D eigenvalue weighted by molar-refractivity contribution is 0.485. The van der Waals surface area contributed by atoms with Crippen molar-refractivity contribution >= 4 is 10.0 Å². The molecular formula is C14H21NO2S. The van der Waals surface area contributed by atoms with Crippen LogP contribution in [0.4, 0.5) is 0 Å². The Morgan fingerprint density at radius 1 is 1.28 bits per heavy atom. The average Bonchev–Trinajstić information content (AvgIpc) is 3.01. The van der Waals surface area contributed by atoms with Gasteiger partial charge < -0.3 is 0 Å². The van der Waals surface area contributed by atoms with E-state index >= 15 is 0 Å². The second kappa shape index (κ2) is 4.67. The summed E-state index contributed by atoms with van der Waals surface area (Å²) in [6.45, 7) is 8.17. The van der Waals surface area contributed by atoms with Crippen LogP contribution in [0.3, 0.4) is 0 Å². The van der Waals surface area contributed by atoms with E-state index in [4.69, 9.17) is 0 Å². The molecule has 3 nitrogen and oxygen atoms in total. The van der Waals surface area contributed by atoms with Crippen LogP contribution < -0.4 is 0 Å². The summed E-state index contributed by atoms with van der Waals surface area (Å²) in [5.74, 6) is 0.417. The molecule has 0 saturated carbocycles. The van der Waals surface area contributed by atoms with Gasteiger partial charge in [-0.1, -0.05) is 38.0 Å². The highest BCUT2D eigenvalue weighted by molar-refractivity contribution is 7.89. The van der Waals surface area contributed by atoms with Crippen molar-refractivity contribution in [3.63, 3.8) is 0 Å². The number of rotatable bonds is 4. The third-order valence-electron chi connectivity index (χ3n) is 3.92. The van der Waals surface area contributed by atoms with Crippen molar-refractivity contribution in [2.45, 2.75) is 51.1 Å². The highest BCUT2D eigenvalue weighted by Gasteiger charge is 2.54. The molecule has 4 atom stereocenters. The zero-order chi connectivity index (χ0) is 13.5. The molecule has 0 amide bonds. The van der Waals surface area contributed by atoms with Gasteiger partial charge in [0.1, 0.15) is 0 Å². The van der Waals surface area contributed by atoms with Crippen LogP contribution in [0, 0.1) is 12.8 Å².